The maximum Gasteiger partial charge on any atom is 0.223 e. The van der Waals surface area contributed by atoms with Crippen molar-refractivity contribution < 1.29 is 9.47 Å². The zero-order valence-electron chi connectivity index (χ0n) is 14.6. The number of nitrogens with one attached hydrogen (secondary N) is 1. The minimum absolute atomic E-state index is 0.168. The number of nitrogens with zero attached hydrogens (tertiary/aromatic N) is 2. The number of hydrogen-bond acceptors (Lipinski definition) is 5. The van der Waals surface area contributed by atoms with Gasteiger partial charge in [-0.1, -0.05) is 12.1 Å². The number of ether oxygens (including phenoxy) is 2. The molecule has 1 N–H and O–H groups in total. The van der Waals surface area contributed by atoms with E-state index in [9.17, 15) is 0 Å². The summed E-state index contributed by atoms with van der Waals surface area (Å²) >= 11 is 0. The molecule has 2 heterocycles. The fourth-order valence-electron chi connectivity index (χ4n) is 3.07. The molecule has 0 aliphatic carbocycles. The van der Waals surface area contributed by atoms with E-state index in [2.05, 4.69) is 27.4 Å². The van der Waals surface area contributed by atoms with E-state index in [0.29, 0.717) is 11.9 Å². The van der Waals surface area contributed by atoms with Gasteiger partial charge in [-0.2, -0.15) is 0 Å². The molecule has 1 atom stereocenters. The van der Waals surface area contributed by atoms with Gasteiger partial charge in [-0.05, 0) is 55.9 Å². The average Bonchev–Trinajstić information content (AvgIpc) is 2.63. The molecule has 5 heteroatoms. The van der Waals surface area contributed by atoms with Crippen molar-refractivity contribution in [2.75, 3.05) is 25.6 Å². The summed E-state index contributed by atoms with van der Waals surface area (Å²) in [5.41, 5.74) is 3.34. The van der Waals surface area contributed by atoms with Crippen molar-refractivity contribution >= 4 is 5.95 Å². The van der Waals surface area contributed by atoms with Gasteiger partial charge >= 0.3 is 0 Å². The van der Waals surface area contributed by atoms with Crippen LogP contribution < -0.4 is 10.1 Å². The van der Waals surface area contributed by atoms with E-state index in [1.165, 1.54) is 5.56 Å². The summed E-state index contributed by atoms with van der Waals surface area (Å²) in [4.78, 5) is 9.04. The lowest BCUT2D eigenvalue weighted by Crippen LogP contribution is -2.27. The van der Waals surface area contributed by atoms with Gasteiger partial charge < -0.3 is 14.8 Å². The monoisotopic (exact) mass is 327 g/mol. The molecule has 1 fully saturated rings. The second-order valence-electron chi connectivity index (χ2n) is 6.31. The maximum atomic E-state index is 5.53. The van der Waals surface area contributed by atoms with Crippen LogP contribution in [0.25, 0.3) is 0 Å². The summed E-state index contributed by atoms with van der Waals surface area (Å²) in [6.07, 6.45) is 3.95. The van der Waals surface area contributed by atoms with Crippen molar-refractivity contribution in [2.24, 2.45) is 5.92 Å². The Labute approximate surface area is 143 Å². The van der Waals surface area contributed by atoms with Crippen molar-refractivity contribution in [3.05, 3.63) is 47.3 Å². The van der Waals surface area contributed by atoms with Crippen LogP contribution in [0.5, 0.6) is 5.75 Å². The van der Waals surface area contributed by atoms with Crippen LogP contribution in [-0.2, 0) is 4.74 Å². The Balaban J connectivity index is 1.86. The molecule has 1 aromatic carbocycles. The van der Waals surface area contributed by atoms with Gasteiger partial charge in [0.05, 0.1) is 13.2 Å². The van der Waals surface area contributed by atoms with Gasteiger partial charge in [-0.15, -0.1) is 0 Å². The van der Waals surface area contributed by atoms with Gasteiger partial charge in [0, 0.05) is 25.1 Å². The third kappa shape index (κ3) is 3.85. The van der Waals surface area contributed by atoms with Gasteiger partial charge in [0.25, 0.3) is 0 Å². The van der Waals surface area contributed by atoms with Crippen LogP contribution >= 0.6 is 0 Å². The Morgan fingerprint density at radius 1 is 1.17 bits per heavy atom. The Bertz CT molecular complexity index is 667. The lowest BCUT2D eigenvalue weighted by atomic mass is 9.87. The van der Waals surface area contributed by atoms with Crippen molar-refractivity contribution in [3.8, 4) is 5.75 Å². The fourth-order valence-corrected chi connectivity index (χ4v) is 3.07. The molecule has 1 aliphatic rings. The molecule has 0 saturated carbocycles. The number of aromatic nitrogens is 2. The predicted octanol–water partition coefficient (Wildman–Crippen LogP) is 3.68. The van der Waals surface area contributed by atoms with Crippen LogP contribution in [0.2, 0.25) is 0 Å². The van der Waals surface area contributed by atoms with E-state index in [0.717, 1.165) is 43.1 Å². The third-order valence-corrected chi connectivity index (χ3v) is 4.72. The Morgan fingerprint density at radius 3 is 2.50 bits per heavy atom. The van der Waals surface area contributed by atoms with E-state index in [1.54, 1.807) is 7.11 Å². The van der Waals surface area contributed by atoms with E-state index in [1.807, 2.05) is 32.2 Å². The molecule has 0 amide bonds. The first kappa shape index (κ1) is 16.7. The predicted molar refractivity (Wildman–Crippen MR) is 94.4 cm³/mol. The van der Waals surface area contributed by atoms with Crippen molar-refractivity contribution in [1.82, 2.24) is 9.97 Å². The van der Waals surface area contributed by atoms with E-state index in [-0.39, 0.29) is 6.04 Å². The van der Waals surface area contributed by atoms with Gasteiger partial charge in [0.1, 0.15) is 5.75 Å². The Hall–Kier alpha value is -2.14. The van der Waals surface area contributed by atoms with Crippen molar-refractivity contribution in [2.45, 2.75) is 32.7 Å². The molecule has 0 spiro atoms. The molecule has 0 bridgehead atoms. The largest absolute Gasteiger partial charge is 0.497 e. The molecular weight excluding hydrogens is 302 g/mol. The van der Waals surface area contributed by atoms with Crippen LogP contribution in [0.3, 0.4) is 0 Å². The highest BCUT2D eigenvalue weighted by Gasteiger charge is 2.26. The van der Waals surface area contributed by atoms with Gasteiger partial charge in [-0.3, -0.25) is 0 Å². The lowest BCUT2D eigenvalue weighted by Gasteiger charge is -2.31. The van der Waals surface area contributed by atoms with Crippen molar-refractivity contribution in [1.29, 1.82) is 0 Å². The maximum absolute atomic E-state index is 5.53. The molecule has 128 valence electrons. The van der Waals surface area contributed by atoms with Gasteiger partial charge in [0.15, 0.2) is 0 Å². The number of hydrogen-bond donors (Lipinski definition) is 1. The minimum Gasteiger partial charge on any atom is -0.497 e. The second kappa shape index (κ2) is 7.62. The first-order valence-electron chi connectivity index (χ1n) is 8.46. The van der Waals surface area contributed by atoms with Crippen molar-refractivity contribution in [3.63, 3.8) is 0 Å². The molecule has 1 saturated heterocycles. The number of benzene rings is 1. The van der Waals surface area contributed by atoms with E-state index in [4.69, 9.17) is 9.47 Å². The van der Waals surface area contributed by atoms with E-state index < -0.39 is 0 Å². The number of aryl methyl sites for hydroxylation is 2. The van der Waals surface area contributed by atoms with Crippen LogP contribution in [0.15, 0.2) is 30.5 Å². The van der Waals surface area contributed by atoms with Crippen LogP contribution in [-0.4, -0.2) is 30.3 Å². The average molecular weight is 327 g/mol. The zero-order valence-corrected chi connectivity index (χ0v) is 14.6. The summed E-state index contributed by atoms with van der Waals surface area (Å²) in [5, 5.41) is 3.55. The first-order chi connectivity index (χ1) is 11.7. The summed E-state index contributed by atoms with van der Waals surface area (Å²) in [5.74, 6) is 2.05. The fraction of sp³-hybridized carbons (Fsp3) is 0.474. The topological polar surface area (TPSA) is 56.3 Å². The number of rotatable bonds is 5. The van der Waals surface area contributed by atoms with Crippen LogP contribution in [0, 0.1) is 19.8 Å². The number of methoxy groups -OCH3 is 1. The molecular formula is C19H25N3O2. The summed E-state index contributed by atoms with van der Waals surface area (Å²) < 4.78 is 10.8. The smallest absolute Gasteiger partial charge is 0.223 e. The minimum atomic E-state index is 0.168. The van der Waals surface area contributed by atoms with E-state index >= 15 is 0 Å². The molecule has 24 heavy (non-hydrogen) atoms. The highest BCUT2D eigenvalue weighted by atomic mass is 16.5. The summed E-state index contributed by atoms with van der Waals surface area (Å²) in [7, 11) is 1.69. The Morgan fingerprint density at radius 2 is 1.88 bits per heavy atom. The molecule has 2 aromatic rings. The summed E-state index contributed by atoms with van der Waals surface area (Å²) in [6, 6.07) is 8.41. The zero-order chi connectivity index (χ0) is 16.9. The lowest BCUT2D eigenvalue weighted by molar-refractivity contribution is 0.0604. The highest BCUT2D eigenvalue weighted by molar-refractivity contribution is 5.37. The Kier molecular flexibility index (Phi) is 5.30. The van der Waals surface area contributed by atoms with Gasteiger partial charge in [-0.25, -0.2) is 9.97 Å². The third-order valence-electron chi connectivity index (χ3n) is 4.72. The normalized spacial score (nSPS) is 16.6. The molecule has 1 unspecified atom stereocenters. The highest BCUT2D eigenvalue weighted by Crippen LogP contribution is 2.33. The molecule has 1 aromatic heterocycles. The second-order valence-corrected chi connectivity index (χ2v) is 6.31. The first-order valence-corrected chi connectivity index (χ1v) is 8.46. The summed E-state index contributed by atoms with van der Waals surface area (Å²) in [6.45, 7) is 5.66. The molecule has 1 aliphatic heterocycles. The molecule has 3 rings (SSSR count). The number of anilines is 1. The SMILES string of the molecule is COc1ccc(C(Nc2ncc(C)c(C)n2)C2CCOCC2)cc1. The molecule has 5 nitrogen and oxygen atoms in total. The molecule has 0 radical (unpaired) electrons. The quantitative estimate of drug-likeness (QED) is 0.908. The standard InChI is InChI=1S/C19H25N3O2/c1-13-12-20-19(21-14(13)2)22-18(16-8-10-24-11-9-16)15-4-6-17(23-3)7-5-15/h4-7,12,16,18H,8-11H2,1-3H3,(H,20,21,22). The van der Waals surface area contributed by atoms with Crippen LogP contribution in [0.4, 0.5) is 5.95 Å². The van der Waals surface area contributed by atoms with Crippen LogP contribution in [0.1, 0.15) is 35.7 Å². The van der Waals surface area contributed by atoms with Gasteiger partial charge in [0.2, 0.25) is 5.95 Å².